The van der Waals surface area contributed by atoms with Crippen molar-refractivity contribution in [2.24, 2.45) is 5.92 Å². The highest BCUT2D eigenvalue weighted by Gasteiger charge is 2.17. The van der Waals surface area contributed by atoms with Crippen molar-refractivity contribution in [1.29, 1.82) is 0 Å². The van der Waals surface area contributed by atoms with Crippen molar-refractivity contribution in [3.05, 3.63) is 46.2 Å². The van der Waals surface area contributed by atoms with Crippen molar-refractivity contribution in [3.63, 3.8) is 0 Å². The molecule has 31 heavy (non-hydrogen) atoms. The largest absolute Gasteiger partial charge is 0.382 e. The molecule has 0 radical (unpaired) electrons. The van der Waals surface area contributed by atoms with Crippen LogP contribution in [0, 0.1) is 12.8 Å². The number of anilines is 1. The van der Waals surface area contributed by atoms with Crippen LogP contribution in [0.2, 0.25) is 0 Å². The van der Waals surface area contributed by atoms with Crippen LogP contribution in [0.3, 0.4) is 0 Å². The zero-order chi connectivity index (χ0) is 21.8. The molecule has 0 spiro atoms. The summed E-state index contributed by atoms with van der Waals surface area (Å²) in [6.07, 6.45) is 5.29. The van der Waals surface area contributed by atoms with Gasteiger partial charge in [-0.3, -0.25) is 4.79 Å². The smallest absolute Gasteiger partial charge is 0.251 e. The molecule has 3 heterocycles. The number of hydrogen-bond donors (Lipinski definition) is 2. The van der Waals surface area contributed by atoms with E-state index < -0.39 is 0 Å². The second kappa shape index (κ2) is 10.0. The first kappa shape index (κ1) is 22.1. The summed E-state index contributed by atoms with van der Waals surface area (Å²) in [6.45, 7) is 5.64. The number of nitrogens with one attached hydrogen (secondary N) is 2. The molecule has 0 aliphatic carbocycles. The number of imidazole rings is 1. The van der Waals surface area contributed by atoms with Gasteiger partial charge in [0.25, 0.3) is 5.91 Å². The van der Waals surface area contributed by atoms with Crippen LogP contribution < -0.4 is 10.6 Å². The molecular weight excluding hydrogens is 474 g/mol. The predicted molar refractivity (Wildman–Crippen MR) is 132 cm³/mol. The minimum Gasteiger partial charge on any atom is -0.382 e. The molecule has 2 N–H and O–H groups in total. The van der Waals surface area contributed by atoms with Gasteiger partial charge in [-0.05, 0) is 83.3 Å². The number of hydrogen-bond acceptors (Lipinski definition) is 5. The zero-order valence-corrected chi connectivity index (χ0v) is 20.4. The average Bonchev–Trinajstić information content (AvgIpc) is 3.20. The fourth-order valence-corrected chi connectivity index (χ4v) is 5.47. The number of rotatable bonds is 7. The molecular formula is C23H28BrN5OS. The number of carbonyl (C=O) groups excluding carboxylic acids is 1. The van der Waals surface area contributed by atoms with Crippen LogP contribution in [0.25, 0.3) is 16.9 Å². The number of benzene rings is 1. The molecule has 1 saturated heterocycles. The highest BCUT2D eigenvalue weighted by molar-refractivity contribution is 9.10. The van der Waals surface area contributed by atoms with Crippen molar-refractivity contribution in [1.82, 2.24) is 19.9 Å². The lowest BCUT2D eigenvalue weighted by atomic mass is 10.0. The number of nitrogens with zero attached hydrogens (tertiary/aromatic N) is 3. The van der Waals surface area contributed by atoms with Gasteiger partial charge in [-0.15, -0.1) is 0 Å². The van der Waals surface area contributed by atoms with Crippen molar-refractivity contribution < 1.29 is 4.79 Å². The number of amides is 1. The summed E-state index contributed by atoms with van der Waals surface area (Å²) < 4.78 is 2.63. The van der Waals surface area contributed by atoms with Crippen molar-refractivity contribution in [3.8, 4) is 11.3 Å². The van der Waals surface area contributed by atoms with E-state index in [1.54, 1.807) is 0 Å². The second-order valence-corrected chi connectivity index (χ2v) is 10.0. The zero-order valence-electron chi connectivity index (χ0n) is 17.9. The number of halogens is 1. The van der Waals surface area contributed by atoms with Crippen molar-refractivity contribution >= 4 is 44.9 Å². The Bertz CT molecular complexity index is 1080. The Balaban J connectivity index is 1.60. The Morgan fingerprint density at radius 2 is 2.10 bits per heavy atom. The molecule has 8 heteroatoms. The van der Waals surface area contributed by atoms with Gasteiger partial charge in [0.05, 0.1) is 17.6 Å². The summed E-state index contributed by atoms with van der Waals surface area (Å²) in [4.78, 5) is 17.0. The molecule has 164 valence electrons. The molecule has 6 nitrogen and oxygen atoms in total. The number of aromatic nitrogens is 3. The Morgan fingerprint density at radius 1 is 1.29 bits per heavy atom. The standard InChI is InChI=1S/C23H28BrN5OS/c1-3-8-25-23(30)18-5-4-17(11-15(18)2)20-14-27-22-19(12-21(24)28-29(20)22)26-13-16-6-9-31-10-7-16/h4-5,11-12,14,16,26H,3,6-10,13H2,1-2H3,(H,25,30). The van der Waals surface area contributed by atoms with Crippen molar-refractivity contribution in [2.45, 2.75) is 33.1 Å². The van der Waals surface area contributed by atoms with Gasteiger partial charge in [0.2, 0.25) is 0 Å². The van der Waals surface area contributed by atoms with E-state index in [-0.39, 0.29) is 5.91 Å². The lowest BCUT2D eigenvalue weighted by Gasteiger charge is -2.22. The molecule has 0 saturated carbocycles. The minimum atomic E-state index is -0.0301. The molecule has 2 aromatic heterocycles. The summed E-state index contributed by atoms with van der Waals surface area (Å²) in [7, 11) is 0. The highest BCUT2D eigenvalue weighted by atomic mass is 79.9. The molecule has 1 aromatic carbocycles. The molecule has 0 atom stereocenters. The van der Waals surface area contributed by atoms with Gasteiger partial charge in [0.1, 0.15) is 4.60 Å². The molecule has 0 bridgehead atoms. The quantitative estimate of drug-likeness (QED) is 0.467. The van der Waals surface area contributed by atoms with Gasteiger partial charge in [0.15, 0.2) is 5.65 Å². The van der Waals surface area contributed by atoms with Crippen LogP contribution in [0.1, 0.15) is 42.1 Å². The molecule has 1 fully saturated rings. The van der Waals surface area contributed by atoms with Gasteiger partial charge >= 0.3 is 0 Å². The van der Waals surface area contributed by atoms with Crippen LogP contribution in [-0.2, 0) is 0 Å². The average molecular weight is 502 g/mol. The summed E-state index contributed by atoms with van der Waals surface area (Å²) in [5.74, 6) is 3.18. The third kappa shape index (κ3) is 5.06. The van der Waals surface area contributed by atoms with Gasteiger partial charge in [-0.1, -0.05) is 13.0 Å². The number of fused-ring (bicyclic) bond motifs is 1. The Hall–Kier alpha value is -2.06. The van der Waals surface area contributed by atoms with E-state index >= 15 is 0 Å². The van der Waals surface area contributed by atoms with Crippen LogP contribution in [0.5, 0.6) is 0 Å². The van der Waals surface area contributed by atoms with Crippen LogP contribution in [-0.4, -0.2) is 45.1 Å². The van der Waals surface area contributed by atoms with Gasteiger partial charge in [0, 0.05) is 24.2 Å². The number of aryl methyl sites for hydroxylation is 1. The fraction of sp³-hybridized carbons (Fsp3) is 0.435. The molecule has 1 amide bonds. The predicted octanol–water partition coefficient (Wildman–Crippen LogP) is 5.16. The first-order chi connectivity index (χ1) is 15.1. The van der Waals surface area contributed by atoms with E-state index in [1.165, 1.54) is 24.3 Å². The molecule has 4 rings (SSSR count). The second-order valence-electron chi connectivity index (χ2n) is 7.98. The van der Waals surface area contributed by atoms with Gasteiger partial charge < -0.3 is 10.6 Å². The van der Waals surface area contributed by atoms with Crippen LogP contribution in [0.15, 0.2) is 35.1 Å². The van der Waals surface area contributed by atoms with E-state index in [0.717, 1.165) is 45.7 Å². The maximum Gasteiger partial charge on any atom is 0.251 e. The monoisotopic (exact) mass is 501 g/mol. The minimum absolute atomic E-state index is 0.0301. The third-order valence-corrected chi connectivity index (χ3v) is 7.10. The Labute approximate surface area is 195 Å². The fourth-order valence-electron chi connectivity index (χ4n) is 3.88. The van der Waals surface area contributed by atoms with Crippen LogP contribution >= 0.6 is 27.7 Å². The van der Waals surface area contributed by atoms with Crippen molar-refractivity contribution in [2.75, 3.05) is 29.9 Å². The first-order valence-corrected chi connectivity index (χ1v) is 12.8. The topological polar surface area (TPSA) is 71.3 Å². The Morgan fingerprint density at radius 3 is 2.84 bits per heavy atom. The summed E-state index contributed by atoms with van der Waals surface area (Å²) in [5, 5.41) is 11.2. The SMILES string of the molecule is CCCNC(=O)c1ccc(-c2cnc3c(NCC4CCSCC4)cc(Br)nn23)cc1C. The van der Waals surface area contributed by atoms with Gasteiger partial charge in [-0.25, -0.2) is 9.50 Å². The molecule has 1 aliphatic heterocycles. The number of carbonyl (C=O) groups is 1. The molecule has 3 aromatic rings. The normalized spacial score (nSPS) is 14.7. The van der Waals surface area contributed by atoms with Crippen LogP contribution in [0.4, 0.5) is 5.69 Å². The summed E-state index contributed by atoms with van der Waals surface area (Å²) in [6, 6.07) is 7.87. The summed E-state index contributed by atoms with van der Waals surface area (Å²) >= 11 is 5.60. The molecule has 0 unspecified atom stereocenters. The van der Waals surface area contributed by atoms with E-state index in [1.807, 2.05) is 60.6 Å². The van der Waals surface area contributed by atoms with E-state index in [2.05, 4.69) is 36.6 Å². The summed E-state index contributed by atoms with van der Waals surface area (Å²) in [5.41, 5.74) is 5.32. The van der Waals surface area contributed by atoms with Gasteiger partial charge in [-0.2, -0.15) is 16.9 Å². The highest BCUT2D eigenvalue weighted by Crippen LogP contribution is 2.29. The van der Waals surface area contributed by atoms with E-state index in [0.29, 0.717) is 18.0 Å². The maximum absolute atomic E-state index is 12.4. The van der Waals surface area contributed by atoms with E-state index in [9.17, 15) is 4.79 Å². The van der Waals surface area contributed by atoms with E-state index in [4.69, 9.17) is 0 Å². The first-order valence-electron chi connectivity index (χ1n) is 10.8. The number of thioether (sulfide) groups is 1. The lowest BCUT2D eigenvalue weighted by molar-refractivity contribution is 0.0953. The third-order valence-electron chi connectivity index (χ3n) is 5.66. The maximum atomic E-state index is 12.4. The lowest BCUT2D eigenvalue weighted by Crippen LogP contribution is -2.24. The molecule has 1 aliphatic rings. The Kier molecular flexibility index (Phi) is 7.17.